The van der Waals surface area contributed by atoms with Gasteiger partial charge in [0.1, 0.15) is 0 Å². The second-order valence-corrected chi connectivity index (χ2v) is 3.42. The number of nitrogens with zero attached hydrogens (tertiary/aromatic N) is 1. The molecule has 0 spiro atoms. The number of carbonyl (C=O) groups excluding carboxylic acids is 1. The fraction of sp³-hybridized carbons (Fsp3) is 0.727. The number of aliphatic hydroxyl groups excluding tert-OH is 1. The van der Waals surface area contributed by atoms with Gasteiger partial charge in [-0.1, -0.05) is 20.4 Å². The van der Waals surface area contributed by atoms with Crippen LogP contribution in [0, 0.1) is 0 Å². The highest BCUT2D eigenvalue weighted by atomic mass is 16.5. The first-order valence-corrected chi connectivity index (χ1v) is 5.53. The lowest BCUT2D eigenvalue weighted by molar-refractivity contribution is -0.124. The van der Waals surface area contributed by atoms with E-state index in [1.54, 1.807) is 0 Å². The van der Waals surface area contributed by atoms with Crippen LogP contribution in [0.25, 0.3) is 0 Å². The molecule has 0 radical (unpaired) electrons. The Kier molecular flexibility index (Phi) is 8.56. The summed E-state index contributed by atoms with van der Waals surface area (Å²) in [5, 5.41) is 12.2. The number of hydrogen-bond donors (Lipinski definition) is 2. The van der Waals surface area contributed by atoms with E-state index in [2.05, 4.69) is 16.8 Å². The zero-order valence-corrected chi connectivity index (χ0v) is 10.1. The molecule has 5 heteroatoms. The van der Waals surface area contributed by atoms with Gasteiger partial charge in [-0.25, -0.2) is 0 Å². The maximum Gasteiger partial charge on any atom is 0.257 e. The molecular formula is C11H22N2O3. The fourth-order valence-corrected chi connectivity index (χ4v) is 1.26. The van der Waals surface area contributed by atoms with Gasteiger partial charge in [-0.15, -0.1) is 0 Å². The van der Waals surface area contributed by atoms with E-state index in [-0.39, 0.29) is 19.1 Å². The minimum Gasteiger partial charge on any atom is -0.492 e. The SMILES string of the molecule is C=COCC(=O)NC[C@@H](O)CN(CC)CC. The normalized spacial score (nSPS) is 12.2. The third-order valence-corrected chi connectivity index (χ3v) is 2.23. The van der Waals surface area contributed by atoms with Gasteiger partial charge in [0, 0.05) is 13.1 Å². The summed E-state index contributed by atoms with van der Waals surface area (Å²) in [6.07, 6.45) is 0.666. The third-order valence-electron chi connectivity index (χ3n) is 2.23. The van der Waals surface area contributed by atoms with Gasteiger partial charge in [-0.2, -0.15) is 0 Å². The molecule has 0 aliphatic rings. The van der Waals surface area contributed by atoms with Crippen LogP contribution in [0.4, 0.5) is 0 Å². The molecule has 0 aromatic heterocycles. The summed E-state index contributed by atoms with van der Waals surface area (Å²) in [6, 6.07) is 0. The Bertz CT molecular complexity index is 205. The highest BCUT2D eigenvalue weighted by molar-refractivity contribution is 5.77. The number of amides is 1. The molecule has 16 heavy (non-hydrogen) atoms. The van der Waals surface area contributed by atoms with Crippen LogP contribution in [0.15, 0.2) is 12.8 Å². The topological polar surface area (TPSA) is 61.8 Å². The van der Waals surface area contributed by atoms with E-state index in [1.165, 1.54) is 6.26 Å². The first-order chi connectivity index (χ1) is 7.63. The van der Waals surface area contributed by atoms with Crippen molar-refractivity contribution in [2.75, 3.05) is 32.8 Å². The molecule has 0 fully saturated rings. The van der Waals surface area contributed by atoms with Crippen LogP contribution >= 0.6 is 0 Å². The predicted molar refractivity (Wildman–Crippen MR) is 63.0 cm³/mol. The lowest BCUT2D eigenvalue weighted by atomic mass is 10.3. The van der Waals surface area contributed by atoms with Gasteiger partial charge >= 0.3 is 0 Å². The van der Waals surface area contributed by atoms with Crippen molar-refractivity contribution in [2.24, 2.45) is 0 Å². The van der Waals surface area contributed by atoms with Crippen molar-refractivity contribution in [3.05, 3.63) is 12.8 Å². The molecule has 0 aliphatic heterocycles. The number of nitrogens with one attached hydrogen (secondary N) is 1. The Balaban J connectivity index is 3.66. The summed E-state index contributed by atoms with van der Waals surface area (Å²) in [5.41, 5.74) is 0. The highest BCUT2D eigenvalue weighted by Gasteiger charge is 2.10. The Morgan fingerprint density at radius 1 is 1.56 bits per heavy atom. The van der Waals surface area contributed by atoms with Crippen molar-refractivity contribution >= 4 is 5.91 Å². The van der Waals surface area contributed by atoms with E-state index in [0.717, 1.165) is 13.1 Å². The first kappa shape index (κ1) is 14.9. The summed E-state index contributed by atoms with van der Waals surface area (Å²) in [5.74, 6) is -0.251. The van der Waals surface area contributed by atoms with Crippen molar-refractivity contribution < 1.29 is 14.6 Å². The van der Waals surface area contributed by atoms with Gasteiger partial charge in [-0.05, 0) is 13.1 Å². The lowest BCUT2D eigenvalue weighted by Crippen LogP contribution is -2.40. The number of aliphatic hydroxyl groups is 1. The van der Waals surface area contributed by atoms with E-state index in [9.17, 15) is 9.90 Å². The first-order valence-electron chi connectivity index (χ1n) is 5.53. The zero-order valence-electron chi connectivity index (χ0n) is 10.1. The molecule has 0 aliphatic carbocycles. The number of carbonyl (C=O) groups is 1. The quantitative estimate of drug-likeness (QED) is 0.546. The van der Waals surface area contributed by atoms with Crippen molar-refractivity contribution in [3.63, 3.8) is 0 Å². The maximum absolute atomic E-state index is 11.1. The molecule has 0 aromatic carbocycles. The molecule has 0 unspecified atom stereocenters. The number of ether oxygens (including phenoxy) is 1. The molecule has 1 atom stereocenters. The van der Waals surface area contributed by atoms with Crippen LogP contribution in [0.5, 0.6) is 0 Å². The average molecular weight is 230 g/mol. The Labute approximate surface area is 97.1 Å². The summed E-state index contributed by atoms with van der Waals surface area (Å²) < 4.78 is 4.71. The van der Waals surface area contributed by atoms with Gasteiger partial charge < -0.3 is 20.1 Å². The minimum atomic E-state index is -0.549. The van der Waals surface area contributed by atoms with Crippen LogP contribution < -0.4 is 5.32 Å². The van der Waals surface area contributed by atoms with Crippen molar-refractivity contribution in [2.45, 2.75) is 20.0 Å². The molecule has 0 saturated carbocycles. The van der Waals surface area contributed by atoms with Crippen LogP contribution in [0.3, 0.4) is 0 Å². The molecule has 0 heterocycles. The molecule has 0 aromatic rings. The predicted octanol–water partition coefficient (Wildman–Crippen LogP) is -0.0346. The van der Waals surface area contributed by atoms with Crippen LogP contribution in [-0.2, 0) is 9.53 Å². The van der Waals surface area contributed by atoms with Crippen LogP contribution in [-0.4, -0.2) is 54.8 Å². The summed E-state index contributed by atoms with van der Waals surface area (Å²) >= 11 is 0. The van der Waals surface area contributed by atoms with Gasteiger partial charge in [0.15, 0.2) is 6.61 Å². The van der Waals surface area contributed by atoms with E-state index < -0.39 is 6.10 Å². The fourth-order valence-electron chi connectivity index (χ4n) is 1.26. The van der Waals surface area contributed by atoms with Gasteiger partial charge in [0.2, 0.25) is 0 Å². The summed E-state index contributed by atoms with van der Waals surface area (Å²) in [4.78, 5) is 13.2. The Hall–Kier alpha value is -1.07. The average Bonchev–Trinajstić information content (AvgIpc) is 2.30. The van der Waals surface area contributed by atoms with Gasteiger partial charge in [-0.3, -0.25) is 4.79 Å². The third kappa shape index (κ3) is 7.25. The monoisotopic (exact) mass is 230 g/mol. The van der Waals surface area contributed by atoms with E-state index in [1.807, 2.05) is 13.8 Å². The molecular weight excluding hydrogens is 208 g/mol. The van der Waals surface area contributed by atoms with E-state index >= 15 is 0 Å². The van der Waals surface area contributed by atoms with Crippen molar-refractivity contribution in [1.29, 1.82) is 0 Å². The molecule has 94 valence electrons. The maximum atomic E-state index is 11.1. The highest BCUT2D eigenvalue weighted by Crippen LogP contribution is 1.91. The second kappa shape index (κ2) is 9.18. The molecule has 5 nitrogen and oxygen atoms in total. The summed E-state index contributed by atoms with van der Waals surface area (Å²) in [6.45, 7) is 9.94. The van der Waals surface area contributed by atoms with Crippen molar-refractivity contribution in [1.82, 2.24) is 10.2 Å². The van der Waals surface area contributed by atoms with Crippen LogP contribution in [0.1, 0.15) is 13.8 Å². The molecule has 0 rings (SSSR count). The smallest absolute Gasteiger partial charge is 0.257 e. The standard InChI is InChI=1S/C11H22N2O3/c1-4-13(5-2)8-10(14)7-12-11(15)9-16-6-3/h6,10,14H,3-5,7-9H2,1-2H3,(H,12,15)/t10-/m1/s1. The zero-order chi connectivity index (χ0) is 12.4. The largest absolute Gasteiger partial charge is 0.492 e. The summed E-state index contributed by atoms with van der Waals surface area (Å²) in [7, 11) is 0. The number of rotatable bonds is 9. The van der Waals surface area contributed by atoms with E-state index in [4.69, 9.17) is 4.74 Å². The Morgan fingerprint density at radius 2 is 2.19 bits per heavy atom. The second-order valence-electron chi connectivity index (χ2n) is 3.42. The van der Waals surface area contributed by atoms with Crippen LogP contribution in [0.2, 0.25) is 0 Å². The lowest BCUT2D eigenvalue weighted by Gasteiger charge is -2.21. The minimum absolute atomic E-state index is 0.0541. The van der Waals surface area contributed by atoms with E-state index in [0.29, 0.717) is 6.54 Å². The van der Waals surface area contributed by atoms with Gasteiger partial charge in [0.05, 0.1) is 12.4 Å². The molecule has 2 N–H and O–H groups in total. The van der Waals surface area contributed by atoms with Gasteiger partial charge in [0.25, 0.3) is 5.91 Å². The molecule has 1 amide bonds. The number of hydrogen-bond acceptors (Lipinski definition) is 4. The molecule has 0 bridgehead atoms. The molecule has 0 saturated heterocycles. The van der Waals surface area contributed by atoms with Crippen molar-refractivity contribution in [3.8, 4) is 0 Å². The Morgan fingerprint density at radius 3 is 2.69 bits per heavy atom. The number of likely N-dealkylation sites (N-methyl/N-ethyl adjacent to an activating group) is 1.